The molecule has 18 heavy (non-hydrogen) atoms. The van der Waals surface area contributed by atoms with Gasteiger partial charge in [0.25, 0.3) is 0 Å². The topological polar surface area (TPSA) is 51.2 Å². The van der Waals surface area contributed by atoms with Crippen LogP contribution in [0.5, 0.6) is 0 Å². The summed E-state index contributed by atoms with van der Waals surface area (Å²) < 4.78 is 5.51. The Balaban J connectivity index is 1.51. The van der Waals surface area contributed by atoms with Gasteiger partial charge in [0.2, 0.25) is 5.91 Å². The van der Waals surface area contributed by atoms with Gasteiger partial charge < -0.3 is 10.1 Å². The van der Waals surface area contributed by atoms with Crippen molar-refractivity contribution in [2.24, 2.45) is 5.92 Å². The number of aryl methyl sites for hydroxylation is 1. The molecule has 0 saturated carbocycles. The van der Waals surface area contributed by atoms with Gasteiger partial charge in [0.1, 0.15) is 0 Å². The van der Waals surface area contributed by atoms with E-state index < -0.39 is 0 Å². The summed E-state index contributed by atoms with van der Waals surface area (Å²) in [5.74, 6) is 0.309. The molecule has 4 nitrogen and oxygen atoms in total. The van der Waals surface area contributed by atoms with Gasteiger partial charge in [0, 0.05) is 23.9 Å². The third-order valence-corrected chi connectivity index (χ3v) is 4.68. The number of hydrogen-bond donors (Lipinski definition) is 1. The third kappa shape index (κ3) is 2.57. The van der Waals surface area contributed by atoms with Crippen molar-refractivity contribution in [1.82, 2.24) is 10.3 Å². The zero-order chi connectivity index (χ0) is 12.4. The van der Waals surface area contributed by atoms with E-state index in [1.54, 1.807) is 11.3 Å². The van der Waals surface area contributed by atoms with Crippen LogP contribution in [-0.4, -0.2) is 30.1 Å². The normalized spacial score (nSPS) is 26.9. The van der Waals surface area contributed by atoms with Crippen molar-refractivity contribution in [2.75, 3.05) is 13.2 Å². The number of carbonyl (C=O) groups is 1. The van der Waals surface area contributed by atoms with Crippen LogP contribution in [0.4, 0.5) is 0 Å². The van der Waals surface area contributed by atoms with E-state index in [4.69, 9.17) is 4.74 Å². The van der Waals surface area contributed by atoms with E-state index in [9.17, 15) is 4.79 Å². The molecule has 1 aliphatic carbocycles. The molecule has 2 aliphatic rings. The van der Waals surface area contributed by atoms with Crippen LogP contribution >= 0.6 is 11.3 Å². The molecule has 0 radical (unpaired) electrons. The van der Waals surface area contributed by atoms with E-state index in [1.807, 2.05) is 5.51 Å². The Morgan fingerprint density at radius 3 is 3.33 bits per heavy atom. The van der Waals surface area contributed by atoms with Crippen LogP contribution in [0.1, 0.15) is 29.8 Å². The van der Waals surface area contributed by atoms with Gasteiger partial charge in [-0.05, 0) is 32.1 Å². The number of carbonyl (C=O) groups excluding carboxylic acids is 1. The maximum atomic E-state index is 12.1. The predicted molar refractivity (Wildman–Crippen MR) is 69.6 cm³/mol. The molecule has 1 aliphatic heterocycles. The molecule has 1 fully saturated rings. The van der Waals surface area contributed by atoms with Crippen molar-refractivity contribution in [3.8, 4) is 0 Å². The Kier molecular flexibility index (Phi) is 3.61. The molecule has 1 saturated heterocycles. The number of fused-ring (bicyclic) bond motifs is 1. The summed E-state index contributed by atoms with van der Waals surface area (Å²) in [5.41, 5.74) is 3.08. The van der Waals surface area contributed by atoms with E-state index >= 15 is 0 Å². The number of hydrogen-bond acceptors (Lipinski definition) is 4. The summed E-state index contributed by atoms with van der Waals surface area (Å²) in [6.45, 7) is 1.51. The average Bonchev–Trinajstić information content (AvgIpc) is 3.05. The molecule has 1 aromatic heterocycles. The molecular formula is C13H18N2O2S. The number of aromatic nitrogens is 1. The average molecular weight is 266 g/mol. The van der Waals surface area contributed by atoms with Crippen molar-refractivity contribution in [2.45, 2.75) is 38.2 Å². The fourth-order valence-electron chi connectivity index (χ4n) is 2.69. The molecule has 1 amide bonds. The summed E-state index contributed by atoms with van der Waals surface area (Å²) in [6.07, 6.45) is 5.15. The van der Waals surface area contributed by atoms with Gasteiger partial charge in [-0.15, -0.1) is 11.3 Å². The van der Waals surface area contributed by atoms with Gasteiger partial charge in [0.15, 0.2) is 0 Å². The number of rotatable bonds is 3. The quantitative estimate of drug-likeness (QED) is 0.903. The number of nitrogens with one attached hydrogen (secondary N) is 1. The Labute approximate surface area is 111 Å². The van der Waals surface area contributed by atoms with Gasteiger partial charge in [-0.3, -0.25) is 4.79 Å². The molecule has 1 aromatic rings. The summed E-state index contributed by atoms with van der Waals surface area (Å²) in [4.78, 5) is 17.7. The first-order valence-electron chi connectivity index (χ1n) is 6.63. The van der Waals surface area contributed by atoms with Gasteiger partial charge in [-0.2, -0.15) is 0 Å². The Hall–Kier alpha value is -0.940. The predicted octanol–water partition coefficient (Wildman–Crippen LogP) is 1.54. The first-order valence-corrected chi connectivity index (χ1v) is 7.51. The minimum absolute atomic E-state index is 0.124. The van der Waals surface area contributed by atoms with Gasteiger partial charge in [-0.25, -0.2) is 4.98 Å². The highest BCUT2D eigenvalue weighted by Crippen LogP contribution is 2.27. The fourth-order valence-corrected chi connectivity index (χ4v) is 3.58. The molecule has 5 heteroatoms. The Bertz CT molecular complexity index is 426. The molecule has 2 unspecified atom stereocenters. The Morgan fingerprint density at radius 1 is 1.56 bits per heavy atom. The molecule has 0 bridgehead atoms. The van der Waals surface area contributed by atoms with Crippen LogP contribution in [0.15, 0.2) is 5.51 Å². The number of nitrogens with zero attached hydrogens (tertiary/aromatic N) is 1. The van der Waals surface area contributed by atoms with E-state index in [1.165, 1.54) is 10.6 Å². The minimum Gasteiger partial charge on any atom is -0.376 e. The standard InChI is InChI=1S/C13H18N2O2S/c16-13(14-7-10-2-1-5-17-10)9-3-4-11-12(6-9)18-8-15-11/h8-10H,1-7H2,(H,14,16). The second-order valence-electron chi connectivity index (χ2n) is 5.04. The number of thiazole rings is 1. The molecule has 2 atom stereocenters. The van der Waals surface area contributed by atoms with Crippen LogP contribution in [0.25, 0.3) is 0 Å². The van der Waals surface area contributed by atoms with Crippen LogP contribution in [0.3, 0.4) is 0 Å². The summed E-state index contributed by atoms with van der Waals surface area (Å²) in [6, 6.07) is 0. The molecule has 2 heterocycles. The van der Waals surface area contributed by atoms with E-state index in [-0.39, 0.29) is 17.9 Å². The van der Waals surface area contributed by atoms with Gasteiger partial charge >= 0.3 is 0 Å². The fraction of sp³-hybridized carbons (Fsp3) is 0.692. The molecular weight excluding hydrogens is 248 g/mol. The highest BCUT2D eigenvalue weighted by molar-refractivity contribution is 7.09. The molecule has 0 spiro atoms. The maximum absolute atomic E-state index is 12.1. The van der Waals surface area contributed by atoms with Crippen LogP contribution < -0.4 is 5.32 Å². The van der Waals surface area contributed by atoms with Crippen molar-refractivity contribution in [3.63, 3.8) is 0 Å². The monoisotopic (exact) mass is 266 g/mol. The molecule has 1 N–H and O–H groups in total. The van der Waals surface area contributed by atoms with Gasteiger partial charge in [-0.1, -0.05) is 0 Å². The third-order valence-electron chi connectivity index (χ3n) is 3.79. The van der Waals surface area contributed by atoms with Crippen LogP contribution in [0, 0.1) is 5.92 Å². The lowest BCUT2D eigenvalue weighted by molar-refractivity contribution is -0.125. The largest absolute Gasteiger partial charge is 0.376 e. The van der Waals surface area contributed by atoms with Gasteiger partial charge in [0.05, 0.1) is 17.3 Å². The van der Waals surface area contributed by atoms with E-state index in [0.717, 1.165) is 38.7 Å². The first-order chi connectivity index (χ1) is 8.83. The lowest BCUT2D eigenvalue weighted by Gasteiger charge is -2.21. The highest BCUT2D eigenvalue weighted by Gasteiger charge is 2.27. The summed E-state index contributed by atoms with van der Waals surface area (Å²) >= 11 is 1.67. The smallest absolute Gasteiger partial charge is 0.223 e. The molecule has 98 valence electrons. The van der Waals surface area contributed by atoms with E-state index in [0.29, 0.717) is 6.54 Å². The second kappa shape index (κ2) is 5.36. The second-order valence-corrected chi connectivity index (χ2v) is 5.98. The number of ether oxygens (including phenoxy) is 1. The van der Waals surface area contributed by atoms with Crippen LogP contribution in [-0.2, 0) is 22.4 Å². The minimum atomic E-state index is 0.124. The van der Waals surface area contributed by atoms with Crippen molar-refractivity contribution >= 4 is 17.2 Å². The molecule has 3 rings (SSSR count). The van der Waals surface area contributed by atoms with Crippen molar-refractivity contribution < 1.29 is 9.53 Å². The molecule has 0 aromatic carbocycles. The lowest BCUT2D eigenvalue weighted by atomic mass is 9.90. The zero-order valence-electron chi connectivity index (χ0n) is 10.4. The highest BCUT2D eigenvalue weighted by atomic mass is 32.1. The zero-order valence-corrected chi connectivity index (χ0v) is 11.2. The number of amides is 1. The maximum Gasteiger partial charge on any atom is 0.223 e. The van der Waals surface area contributed by atoms with Crippen LogP contribution in [0.2, 0.25) is 0 Å². The summed E-state index contributed by atoms with van der Waals surface area (Å²) in [5, 5.41) is 3.04. The van der Waals surface area contributed by atoms with E-state index in [2.05, 4.69) is 10.3 Å². The Morgan fingerprint density at radius 2 is 2.50 bits per heavy atom. The first kappa shape index (κ1) is 12.1. The van der Waals surface area contributed by atoms with Crippen molar-refractivity contribution in [1.29, 1.82) is 0 Å². The SMILES string of the molecule is O=C(NCC1CCCO1)C1CCc2ncsc2C1. The summed E-state index contributed by atoms with van der Waals surface area (Å²) in [7, 11) is 0. The van der Waals surface area contributed by atoms with Crippen molar-refractivity contribution in [3.05, 3.63) is 16.1 Å². The lowest BCUT2D eigenvalue weighted by Crippen LogP contribution is -2.38.